The Labute approximate surface area is 46.2 Å². The fourth-order valence-electron chi connectivity index (χ4n) is 0.459. The Kier molecular flexibility index (Phi) is 1.94. The quantitative estimate of drug-likeness (QED) is 0.475. The molecule has 1 saturated heterocycles. The predicted octanol–water partition coefficient (Wildman–Crippen LogP) is 1.05. The average Bonchev–Trinajstić information content (AvgIpc) is 1.69. The van der Waals surface area contributed by atoms with Crippen molar-refractivity contribution in [3.05, 3.63) is 0 Å². The number of halogens is 1. The van der Waals surface area contributed by atoms with E-state index in [1.807, 2.05) is 0 Å². The fourth-order valence-corrected chi connectivity index (χ4v) is 1.12. The van der Waals surface area contributed by atoms with Crippen molar-refractivity contribution < 1.29 is 9.13 Å². The fraction of sp³-hybridized carbons (Fsp3) is 1.00. The molecular weight excluding hydrogens is 115 g/mol. The van der Waals surface area contributed by atoms with E-state index in [9.17, 15) is 4.39 Å². The van der Waals surface area contributed by atoms with E-state index in [1.165, 1.54) is 11.8 Å². The van der Waals surface area contributed by atoms with Crippen LogP contribution in [0, 0.1) is 0 Å². The molecule has 1 atom stereocenters. The van der Waals surface area contributed by atoms with Crippen molar-refractivity contribution >= 4 is 11.8 Å². The summed E-state index contributed by atoms with van der Waals surface area (Å²) in [4.78, 5) is 0. The first-order chi connectivity index (χ1) is 3.39. The van der Waals surface area contributed by atoms with Crippen LogP contribution in [-0.4, -0.2) is 24.5 Å². The third-order valence-electron chi connectivity index (χ3n) is 0.775. The van der Waals surface area contributed by atoms with Gasteiger partial charge in [0.05, 0.1) is 13.2 Å². The highest BCUT2D eigenvalue weighted by Gasteiger charge is 2.10. The Morgan fingerprint density at radius 1 is 1.71 bits per heavy atom. The number of hydrogen-bond acceptors (Lipinski definition) is 2. The molecule has 1 rings (SSSR count). The molecule has 0 bridgehead atoms. The van der Waals surface area contributed by atoms with Crippen molar-refractivity contribution in [2.75, 3.05) is 19.0 Å². The van der Waals surface area contributed by atoms with Crippen LogP contribution in [0.15, 0.2) is 0 Å². The van der Waals surface area contributed by atoms with Gasteiger partial charge in [0, 0.05) is 5.75 Å². The van der Waals surface area contributed by atoms with E-state index < -0.39 is 5.50 Å². The van der Waals surface area contributed by atoms with Gasteiger partial charge in [0.1, 0.15) is 0 Å². The Balaban J connectivity index is 2.12. The van der Waals surface area contributed by atoms with E-state index in [-0.39, 0.29) is 6.61 Å². The molecule has 3 heteroatoms. The van der Waals surface area contributed by atoms with Crippen LogP contribution in [-0.2, 0) is 4.74 Å². The zero-order chi connectivity index (χ0) is 5.11. The summed E-state index contributed by atoms with van der Waals surface area (Å²) >= 11 is 1.33. The molecule has 0 aromatic carbocycles. The van der Waals surface area contributed by atoms with Gasteiger partial charge in [-0.05, 0) is 0 Å². The van der Waals surface area contributed by atoms with Gasteiger partial charge in [0.25, 0.3) is 0 Å². The lowest BCUT2D eigenvalue weighted by atomic mass is 10.7. The smallest absolute Gasteiger partial charge is 0.169 e. The summed E-state index contributed by atoms with van der Waals surface area (Å²) in [7, 11) is 0. The van der Waals surface area contributed by atoms with Crippen molar-refractivity contribution in [3.8, 4) is 0 Å². The lowest BCUT2D eigenvalue weighted by Gasteiger charge is -2.13. The maximum absolute atomic E-state index is 12.0. The van der Waals surface area contributed by atoms with Gasteiger partial charge >= 0.3 is 0 Å². The zero-order valence-corrected chi connectivity index (χ0v) is 4.71. The molecule has 0 saturated carbocycles. The normalized spacial score (nSPS) is 33.0. The van der Waals surface area contributed by atoms with Crippen LogP contribution in [0.25, 0.3) is 0 Å². The van der Waals surface area contributed by atoms with E-state index in [2.05, 4.69) is 0 Å². The molecule has 1 heterocycles. The van der Waals surface area contributed by atoms with Crippen LogP contribution >= 0.6 is 11.8 Å². The first-order valence-corrected chi connectivity index (χ1v) is 3.28. The molecule has 0 aliphatic carbocycles. The lowest BCUT2D eigenvalue weighted by Crippen LogP contribution is -2.15. The minimum Gasteiger partial charge on any atom is -0.377 e. The molecule has 1 aliphatic heterocycles. The summed E-state index contributed by atoms with van der Waals surface area (Å²) in [6.45, 7) is 0.996. The van der Waals surface area contributed by atoms with E-state index >= 15 is 0 Å². The van der Waals surface area contributed by atoms with Crippen LogP contribution in [0.1, 0.15) is 0 Å². The number of rotatable bonds is 0. The van der Waals surface area contributed by atoms with Gasteiger partial charge in [-0.15, -0.1) is 11.8 Å². The first kappa shape index (κ1) is 5.38. The van der Waals surface area contributed by atoms with Crippen molar-refractivity contribution in [2.24, 2.45) is 0 Å². The summed E-state index contributed by atoms with van der Waals surface area (Å²) in [5.41, 5.74) is -0.770. The first-order valence-electron chi connectivity index (χ1n) is 2.23. The van der Waals surface area contributed by atoms with Crippen molar-refractivity contribution in [3.63, 3.8) is 0 Å². The molecule has 42 valence electrons. The molecule has 0 N–H and O–H groups in total. The molecule has 0 aromatic heterocycles. The summed E-state index contributed by atoms with van der Waals surface area (Å²) in [5, 5.41) is 0. The number of thioether (sulfide) groups is 1. The van der Waals surface area contributed by atoms with E-state index in [1.54, 1.807) is 0 Å². The molecule has 0 aromatic rings. The van der Waals surface area contributed by atoms with E-state index in [0.717, 1.165) is 5.75 Å². The highest BCUT2D eigenvalue weighted by molar-refractivity contribution is 7.99. The second-order valence-electron chi connectivity index (χ2n) is 1.36. The van der Waals surface area contributed by atoms with Crippen molar-refractivity contribution in [2.45, 2.75) is 5.50 Å². The minimum atomic E-state index is -0.770. The molecule has 1 unspecified atom stereocenters. The van der Waals surface area contributed by atoms with Crippen LogP contribution in [0.4, 0.5) is 4.39 Å². The average molecular weight is 122 g/mol. The molecule has 0 spiro atoms. The number of ether oxygens (including phenoxy) is 1. The zero-order valence-electron chi connectivity index (χ0n) is 3.89. The molecule has 1 nitrogen and oxygen atoms in total. The maximum atomic E-state index is 12.0. The topological polar surface area (TPSA) is 9.23 Å². The summed E-state index contributed by atoms with van der Waals surface area (Å²) in [6, 6.07) is 0. The Hall–Kier alpha value is 0.240. The Bertz CT molecular complexity index is 53.7. The van der Waals surface area contributed by atoms with E-state index in [0.29, 0.717) is 6.61 Å². The van der Waals surface area contributed by atoms with Gasteiger partial charge in [-0.1, -0.05) is 0 Å². The molecule has 0 amide bonds. The van der Waals surface area contributed by atoms with Crippen LogP contribution in [0.5, 0.6) is 0 Å². The molecule has 1 fully saturated rings. The molecular formula is C4H7FOS. The van der Waals surface area contributed by atoms with Crippen molar-refractivity contribution in [1.82, 2.24) is 0 Å². The second kappa shape index (κ2) is 2.52. The Morgan fingerprint density at radius 3 is 2.86 bits per heavy atom. The van der Waals surface area contributed by atoms with Crippen LogP contribution in [0.3, 0.4) is 0 Å². The second-order valence-corrected chi connectivity index (χ2v) is 2.61. The summed E-state index contributed by atoms with van der Waals surface area (Å²) < 4.78 is 16.8. The van der Waals surface area contributed by atoms with Crippen LogP contribution in [0.2, 0.25) is 0 Å². The van der Waals surface area contributed by atoms with Gasteiger partial charge in [0.15, 0.2) is 5.50 Å². The molecule has 7 heavy (non-hydrogen) atoms. The summed E-state index contributed by atoms with van der Waals surface area (Å²) in [5.74, 6) is 0.807. The number of alkyl halides is 1. The van der Waals surface area contributed by atoms with Gasteiger partial charge in [0.2, 0.25) is 0 Å². The SMILES string of the molecule is FC1COCCS1. The molecule has 1 aliphatic rings. The van der Waals surface area contributed by atoms with Gasteiger partial charge in [-0.25, -0.2) is 4.39 Å². The highest BCUT2D eigenvalue weighted by atomic mass is 32.2. The lowest BCUT2D eigenvalue weighted by molar-refractivity contribution is 0.113. The largest absolute Gasteiger partial charge is 0.377 e. The Morgan fingerprint density at radius 2 is 2.57 bits per heavy atom. The third-order valence-corrected chi connectivity index (χ3v) is 1.68. The van der Waals surface area contributed by atoms with Gasteiger partial charge in [-0.2, -0.15) is 0 Å². The van der Waals surface area contributed by atoms with Crippen molar-refractivity contribution in [1.29, 1.82) is 0 Å². The standard InChI is InChI=1S/C4H7FOS/c5-4-3-6-1-2-7-4/h4H,1-3H2. The maximum Gasteiger partial charge on any atom is 0.169 e. The van der Waals surface area contributed by atoms with Gasteiger partial charge < -0.3 is 4.74 Å². The van der Waals surface area contributed by atoms with E-state index in [4.69, 9.17) is 4.74 Å². The predicted molar refractivity (Wildman–Crippen MR) is 28.2 cm³/mol. The third kappa shape index (κ3) is 1.65. The molecule has 0 radical (unpaired) electrons. The highest BCUT2D eigenvalue weighted by Crippen LogP contribution is 2.16. The van der Waals surface area contributed by atoms with Crippen LogP contribution < -0.4 is 0 Å². The monoisotopic (exact) mass is 122 g/mol. The van der Waals surface area contributed by atoms with Gasteiger partial charge in [-0.3, -0.25) is 0 Å². The summed E-state index contributed by atoms with van der Waals surface area (Å²) in [6.07, 6.45) is 0. The minimum absolute atomic E-state index is 0.282. The number of hydrogen-bond donors (Lipinski definition) is 0.